The number of carboxylic acid groups (broad SMARTS) is 1. The summed E-state index contributed by atoms with van der Waals surface area (Å²) in [6.45, 7) is 1.29. The van der Waals surface area contributed by atoms with E-state index in [-0.39, 0.29) is 22.7 Å². The lowest BCUT2D eigenvalue weighted by Gasteiger charge is -2.12. The van der Waals surface area contributed by atoms with E-state index >= 15 is 0 Å². The highest BCUT2D eigenvalue weighted by Crippen LogP contribution is 2.27. The highest BCUT2D eigenvalue weighted by molar-refractivity contribution is 6.33. The Kier molecular flexibility index (Phi) is 5.00. The average Bonchev–Trinajstić information content (AvgIpc) is 2.49. The summed E-state index contributed by atoms with van der Waals surface area (Å²) >= 11 is 5.90. The molecule has 0 amide bonds. The first-order valence-corrected chi connectivity index (χ1v) is 7.25. The van der Waals surface area contributed by atoms with Crippen LogP contribution in [0.4, 0.5) is 4.39 Å². The first-order chi connectivity index (χ1) is 10.9. The standard InChI is InChI=1S/C15H14ClFN2O4/c1-2-6-19-14(22)10(7-18(15(19)23)8-12(20)21)9-4-3-5-11(17)13(9)16/h3-5,7H,2,6,8H2,1H3,(H,20,21). The maximum Gasteiger partial charge on any atom is 0.331 e. The zero-order chi connectivity index (χ0) is 17.1. The Morgan fingerprint density at radius 3 is 2.61 bits per heavy atom. The van der Waals surface area contributed by atoms with Gasteiger partial charge in [-0.1, -0.05) is 30.7 Å². The van der Waals surface area contributed by atoms with E-state index in [0.29, 0.717) is 6.42 Å². The molecule has 23 heavy (non-hydrogen) atoms. The normalized spacial score (nSPS) is 10.7. The summed E-state index contributed by atoms with van der Waals surface area (Å²) in [5.74, 6) is -1.94. The fourth-order valence-corrected chi connectivity index (χ4v) is 2.46. The van der Waals surface area contributed by atoms with Crippen molar-refractivity contribution in [1.82, 2.24) is 9.13 Å². The van der Waals surface area contributed by atoms with E-state index in [9.17, 15) is 18.8 Å². The lowest BCUT2D eigenvalue weighted by Crippen LogP contribution is -2.41. The van der Waals surface area contributed by atoms with Crippen molar-refractivity contribution < 1.29 is 14.3 Å². The number of hydrogen-bond donors (Lipinski definition) is 1. The van der Waals surface area contributed by atoms with Gasteiger partial charge in [-0.3, -0.25) is 18.7 Å². The van der Waals surface area contributed by atoms with E-state index in [4.69, 9.17) is 16.7 Å². The minimum absolute atomic E-state index is 0.0243. The van der Waals surface area contributed by atoms with Gasteiger partial charge in [-0.2, -0.15) is 0 Å². The van der Waals surface area contributed by atoms with Gasteiger partial charge in [-0.25, -0.2) is 9.18 Å². The maximum absolute atomic E-state index is 13.6. The lowest BCUT2D eigenvalue weighted by molar-refractivity contribution is -0.137. The first kappa shape index (κ1) is 17.0. The number of hydrogen-bond acceptors (Lipinski definition) is 3. The van der Waals surface area contributed by atoms with Crippen molar-refractivity contribution in [3.05, 3.63) is 56.1 Å². The van der Waals surface area contributed by atoms with Gasteiger partial charge in [0.15, 0.2) is 0 Å². The molecule has 1 N–H and O–H groups in total. The van der Waals surface area contributed by atoms with Gasteiger partial charge in [-0.05, 0) is 12.5 Å². The molecule has 0 aliphatic heterocycles. The molecule has 8 heteroatoms. The molecule has 0 radical (unpaired) electrons. The molecule has 6 nitrogen and oxygen atoms in total. The molecule has 0 saturated carbocycles. The van der Waals surface area contributed by atoms with Gasteiger partial charge in [0.1, 0.15) is 12.4 Å². The molecule has 1 aromatic heterocycles. The fourth-order valence-electron chi connectivity index (χ4n) is 2.23. The number of aliphatic carboxylic acids is 1. The van der Waals surface area contributed by atoms with E-state index in [2.05, 4.69) is 0 Å². The van der Waals surface area contributed by atoms with Crippen molar-refractivity contribution in [3.8, 4) is 11.1 Å². The molecule has 0 bridgehead atoms. The van der Waals surface area contributed by atoms with Gasteiger partial charge in [0.2, 0.25) is 0 Å². The Labute approximate surface area is 135 Å². The van der Waals surface area contributed by atoms with E-state index in [0.717, 1.165) is 21.4 Å². The average molecular weight is 341 g/mol. The predicted octanol–water partition coefficient (Wildman–Crippen LogP) is 1.96. The van der Waals surface area contributed by atoms with Crippen molar-refractivity contribution in [3.63, 3.8) is 0 Å². The summed E-state index contributed by atoms with van der Waals surface area (Å²) in [6, 6.07) is 3.96. The third kappa shape index (κ3) is 3.34. The Morgan fingerprint density at radius 2 is 2.00 bits per heavy atom. The highest BCUT2D eigenvalue weighted by atomic mass is 35.5. The van der Waals surface area contributed by atoms with Gasteiger partial charge >= 0.3 is 11.7 Å². The van der Waals surface area contributed by atoms with Gasteiger partial charge in [0.05, 0.1) is 10.6 Å². The van der Waals surface area contributed by atoms with E-state index in [1.807, 2.05) is 0 Å². The number of aromatic nitrogens is 2. The van der Waals surface area contributed by atoms with Crippen LogP contribution in [0, 0.1) is 5.82 Å². The molecule has 2 aromatic rings. The molecule has 0 fully saturated rings. The van der Waals surface area contributed by atoms with Crippen molar-refractivity contribution in [2.24, 2.45) is 0 Å². The smallest absolute Gasteiger partial charge is 0.331 e. The highest BCUT2D eigenvalue weighted by Gasteiger charge is 2.17. The minimum Gasteiger partial charge on any atom is -0.480 e. The van der Waals surface area contributed by atoms with Crippen molar-refractivity contribution in [2.45, 2.75) is 26.4 Å². The summed E-state index contributed by atoms with van der Waals surface area (Å²) in [6.07, 6.45) is 1.61. The number of halogens is 2. The van der Waals surface area contributed by atoms with Crippen LogP contribution in [0.15, 0.2) is 34.0 Å². The third-order valence-corrected chi connectivity index (χ3v) is 3.62. The van der Waals surface area contributed by atoms with Crippen LogP contribution in [0.25, 0.3) is 11.1 Å². The predicted molar refractivity (Wildman–Crippen MR) is 83.3 cm³/mol. The van der Waals surface area contributed by atoms with Crippen LogP contribution >= 0.6 is 11.6 Å². The number of carbonyl (C=O) groups is 1. The second-order valence-corrected chi connectivity index (χ2v) is 5.28. The zero-order valence-electron chi connectivity index (χ0n) is 12.3. The molecule has 0 unspecified atom stereocenters. The van der Waals surface area contributed by atoms with Gasteiger partial charge in [0.25, 0.3) is 5.56 Å². The Hall–Kier alpha value is -2.41. The van der Waals surface area contributed by atoms with Crippen LogP contribution in [0.2, 0.25) is 5.02 Å². The maximum atomic E-state index is 13.6. The van der Waals surface area contributed by atoms with E-state index in [1.54, 1.807) is 6.92 Å². The van der Waals surface area contributed by atoms with Crippen LogP contribution < -0.4 is 11.2 Å². The molecule has 122 valence electrons. The Morgan fingerprint density at radius 1 is 1.30 bits per heavy atom. The van der Waals surface area contributed by atoms with E-state index in [1.165, 1.54) is 12.1 Å². The quantitative estimate of drug-likeness (QED) is 0.902. The third-order valence-electron chi connectivity index (χ3n) is 3.23. The molecule has 2 rings (SSSR count). The summed E-state index contributed by atoms with van der Waals surface area (Å²) in [5, 5.41) is 8.65. The minimum atomic E-state index is -1.23. The van der Waals surface area contributed by atoms with Crippen LogP contribution in [0.5, 0.6) is 0 Å². The fraction of sp³-hybridized carbons (Fsp3) is 0.267. The SMILES string of the molecule is CCCn1c(=O)c(-c2cccc(F)c2Cl)cn(CC(=O)O)c1=O. The summed E-state index contributed by atoms with van der Waals surface area (Å²) < 4.78 is 15.5. The van der Waals surface area contributed by atoms with Crippen LogP contribution in [0.1, 0.15) is 13.3 Å². The van der Waals surface area contributed by atoms with E-state index < -0.39 is 29.6 Å². The summed E-state index contributed by atoms with van der Waals surface area (Å²) in [7, 11) is 0. The monoisotopic (exact) mass is 340 g/mol. The topological polar surface area (TPSA) is 81.3 Å². The molecule has 0 aliphatic carbocycles. The van der Waals surface area contributed by atoms with Crippen LogP contribution in [-0.4, -0.2) is 20.2 Å². The van der Waals surface area contributed by atoms with Crippen molar-refractivity contribution >= 4 is 17.6 Å². The largest absolute Gasteiger partial charge is 0.480 e. The molecular weight excluding hydrogens is 327 g/mol. The Balaban J connectivity index is 2.80. The van der Waals surface area contributed by atoms with Gasteiger partial charge in [0, 0.05) is 18.3 Å². The lowest BCUT2D eigenvalue weighted by atomic mass is 10.1. The van der Waals surface area contributed by atoms with Crippen molar-refractivity contribution in [2.75, 3.05) is 0 Å². The zero-order valence-corrected chi connectivity index (χ0v) is 13.0. The van der Waals surface area contributed by atoms with Crippen molar-refractivity contribution in [1.29, 1.82) is 0 Å². The Bertz CT molecular complexity index is 873. The molecular formula is C15H14ClFN2O4. The molecule has 0 spiro atoms. The first-order valence-electron chi connectivity index (χ1n) is 6.87. The second-order valence-electron chi connectivity index (χ2n) is 4.91. The number of nitrogens with zero attached hydrogens (tertiary/aromatic N) is 2. The molecule has 0 aliphatic rings. The number of carboxylic acids is 1. The van der Waals surface area contributed by atoms with Gasteiger partial charge in [-0.15, -0.1) is 0 Å². The molecule has 1 aromatic carbocycles. The molecule has 1 heterocycles. The summed E-state index contributed by atoms with van der Waals surface area (Å²) in [5.41, 5.74) is -1.27. The number of benzene rings is 1. The van der Waals surface area contributed by atoms with Crippen LogP contribution in [-0.2, 0) is 17.9 Å². The van der Waals surface area contributed by atoms with Gasteiger partial charge < -0.3 is 5.11 Å². The molecule has 0 saturated heterocycles. The summed E-state index contributed by atoms with van der Waals surface area (Å²) in [4.78, 5) is 35.6. The molecule has 0 atom stereocenters. The second kappa shape index (κ2) is 6.78. The van der Waals surface area contributed by atoms with Crippen LogP contribution in [0.3, 0.4) is 0 Å². The number of rotatable bonds is 5.